The number of anilines is 1. The molecule has 2 aromatic rings. The van der Waals surface area contributed by atoms with Gasteiger partial charge in [-0.2, -0.15) is 0 Å². The Morgan fingerprint density at radius 1 is 1.50 bits per heavy atom. The third-order valence-corrected chi connectivity index (χ3v) is 3.64. The van der Waals surface area contributed by atoms with Gasteiger partial charge in [0.05, 0.1) is 16.4 Å². The van der Waals surface area contributed by atoms with Crippen LogP contribution in [0.5, 0.6) is 0 Å². The third kappa shape index (κ3) is 3.67. The molecule has 2 rings (SSSR count). The Hall–Kier alpha value is -2.16. The normalized spacial score (nSPS) is 9.70. The highest BCUT2D eigenvalue weighted by Gasteiger charge is 2.12. The standard InChI is InChI=1S/C15H14N2O2S/c1-11-10-13(20-12(11)6-3-5-9-18)15(19)17-14-7-2-4-8-16-14/h2,4,7-8,10,18H,5,9H2,1H3,(H,16,17,19). The Morgan fingerprint density at radius 3 is 3.05 bits per heavy atom. The van der Waals surface area contributed by atoms with Crippen LogP contribution in [0.1, 0.15) is 26.5 Å². The summed E-state index contributed by atoms with van der Waals surface area (Å²) in [6.45, 7) is 1.96. The lowest BCUT2D eigenvalue weighted by molar-refractivity contribution is 0.103. The number of aliphatic hydroxyl groups is 1. The summed E-state index contributed by atoms with van der Waals surface area (Å²) in [6, 6.07) is 7.15. The fraction of sp³-hybridized carbons (Fsp3) is 0.200. The van der Waals surface area contributed by atoms with Gasteiger partial charge in [0.15, 0.2) is 0 Å². The predicted molar refractivity (Wildman–Crippen MR) is 79.8 cm³/mol. The molecular weight excluding hydrogens is 272 g/mol. The minimum atomic E-state index is -0.188. The number of hydrogen-bond donors (Lipinski definition) is 2. The summed E-state index contributed by atoms with van der Waals surface area (Å²) in [5, 5.41) is 11.4. The van der Waals surface area contributed by atoms with Crippen molar-refractivity contribution in [1.82, 2.24) is 4.98 Å². The van der Waals surface area contributed by atoms with Gasteiger partial charge in [-0.3, -0.25) is 4.79 Å². The molecule has 0 fully saturated rings. The molecule has 0 aromatic carbocycles. The molecule has 5 heteroatoms. The van der Waals surface area contributed by atoms with E-state index in [1.807, 2.05) is 19.1 Å². The summed E-state index contributed by atoms with van der Waals surface area (Å²) in [4.78, 5) is 17.6. The van der Waals surface area contributed by atoms with Crippen LogP contribution in [0, 0.1) is 18.8 Å². The molecule has 0 radical (unpaired) electrons. The van der Waals surface area contributed by atoms with E-state index < -0.39 is 0 Å². The second-order valence-corrected chi connectivity index (χ2v) is 5.12. The van der Waals surface area contributed by atoms with Crippen LogP contribution >= 0.6 is 11.3 Å². The molecule has 0 saturated heterocycles. The summed E-state index contributed by atoms with van der Waals surface area (Å²) in [5.74, 6) is 6.16. The van der Waals surface area contributed by atoms with E-state index in [-0.39, 0.29) is 12.5 Å². The number of pyridine rings is 1. The molecule has 4 nitrogen and oxygen atoms in total. The molecule has 2 N–H and O–H groups in total. The molecule has 102 valence electrons. The number of carbonyl (C=O) groups excluding carboxylic acids is 1. The maximum Gasteiger partial charge on any atom is 0.266 e. The lowest BCUT2D eigenvalue weighted by atomic mass is 10.2. The van der Waals surface area contributed by atoms with Gasteiger partial charge in [-0.1, -0.05) is 17.9 Å². The lowest BCUT2D eigenvalue weighted by Gasteiger charge is -2.00. The zero-order chi connectivity index (χ0) is 14.4. The number of thiophene rings is 1. The van der Waals surface area contributed by atoms with E-state index in [0.717, 1.165) is 10.4 Å². The van der Waals surface area contributed by atoms with Gasteiger partial charge < -0.3 is 10.4 Å². The SMILES string of the molecule is Cc1cc(C(=O)Nc2ccccn2)sc1C#CCCO. The van der Waals surface area contributed by atoms with E-state index in [1.165, 1.54) is 11.3 Å². The van der Waals surface area contributed by atoms with Gasteiger partial charge in [0, 0.05) is 12.6 Å². The van der Waals surface area contributed by atoms with Gasteiger partial charge in [-0.15, -0.1) is 11.3 Å². The van der Waals surface area contributed by atoms with E-state index in [1.54, 1.807) is 18.3 Å². The first-order valence-corrected chi connectivity index (χ1v) is 6.95. The minimum absolute atomic E-state index is 0.0461. The summed E-state index contributed by atoms with van der Waals surface area (Å²) in [6.07, 6.45) is 2.06. The first-order chi connectivity index (χ1) is 9.70. The second kappa shape index (κ2) is 6.85. The first-order valence-electron chi connectivity index (χ1n) is 6.13. The lowest BCUT2D eigenvalue weighted by Crippen LogP contribution is -2.10. The zero-order valence-corrected chi connectivity index (χ0v) is 11.8. The Labute approximate surface area is 121 Å². The van der Waals surface area contributed by atoms with Gasteiger partial charge in [0.25, 0.3) is 5.91 Å². The van der Waals surface area contributed by atoms with Crippen molar-refractivity contribution in [2.24, 2.45) is 0 Å². The Balaban J connectivity index is 2.12. The monoisotopic (exact) mass is 286 g/mol. The van der Waals surface area contributed by atoms with Gasteiger partial charge in [-0.05, 0) is 30.7 Å². The molecule has 0 unspecified atom stereocenters. The quantitative estimate of drug-likeness (QED) is 0.852. The average Bonchev–Trinajstić information content (AvgIpc) is 2.82. The summed E-state index contributed by atoms with van der Waals surface area (Å²) < 4.78 is 0. The number of nitrogens with one attached hydrogen (secondary N) is 1. The Morgan fingerprint density at radius 2 is 2.35 bits per heavy atom. The highest BCUT2D eigenvalue weighted by Crippen LogP contribution is 2.21. The highest BCUT2D eigenvalue weighted by molar-refractivity contribution is 7.14. The number of nitrogens with zero attached hydrogens (tertiary/aromatic N) is 1. The summed E-state index contributed by atoms with van der Waals surface area (Å²) >= 11 is 1.34. The number of rotatable bonds is 3. The number of aryl methyl sites for hydroxylation is 1. The van der Waals surface area contributed by atoms with Crippen molar-refractivity contribution in [2.75, 3.05) is 11.9 Å². The first kappa shape index (κ1) is 14.3. The van der Waals surface area contributed by atoms with Crippen LogP contribution in [0.3, 0.4) is 0 Å². The van der Waals surface area contributed by atoms with E-state index in [2.05, 4.69) is 22.1 Å². The van der Waals surface area contributed by atoms with Crippen LogP contribution in [0.25, 0.3) is 0 Å². The molecule has 0 aliphatic heterocycles. The molecule has 0 atom stereocenters. The van der Waals surface area contributed by atoms with E-state index in [9.17, 15) is 4.79 Å². The van der Waals surface area contributed by atoms with Crippen molar-refractivity contribution < 1.29 is 9.90 Å². The molecular formula is C15H14N2O2S. The average molecular weight is 286 g/mol. The Kier molecular flexibility index (Phi) is 4.88. The number of hydrogen-bond acceptors (Lipinski definition) is 4. The van der Waals surface area contributed by atoms with E-state index >= 15 is 0 Å². The van der Waals surface area contributed by atoms with Gasteiger partial charge in [-0.25, -0.2) is 4.98 Å². The van der Waals surface area contributed by atoms with Gasteiger partial charge in [0.1, 0.15) is 5.82 Å². The fourth-order valence-electron chi connectivity index (χ4n) is 1.53. The summed E-state index contributed by atoms with van der Waals surface area (Å²) in [5.41, 5.74) is 0.964. The van der Waals surface area contributed by atoms with Crippen molar-refractivity contribution in [1.29, 1.82) is 0 Å². The zero-order valence-electron chi connectivity index (χ0n) is 11.0. The number of aromatic nitrogens is 1. The second-order valence-electron chi connectivity index (χ2n) is 4.07. The van der Waals surface area contributed by atoms with Crippen molar-refractivity contribution in [2.45, 2.75) is 13.3 Å². The van der Waals surface area contributed by atoms with Crippen LogP contribution in [0.4, 0.5) is 5.82 Å². The van der Waals surface area contributed by atoms with Gasteiger partial charge in [0.2, 0.25) is 0 Å². The van der Waals surface area contributed by atoms with Crippen molar-refractivity contribution in [3.05, 3.63) is 45.8 Å². The Bertz CT molecular complexity index is 654. The van der Waals surface area contributed by atoms with Crippen LogP contribution < -0.4 is 5.32 Å². The molecule has 0 saturated carbocycles. The third-order valence-electron chi connectivity index (χ3n) is 2.49. The topological polar surface area (TPSA) is 62.2 Å². The number of amides is 1. The number of aliphatic hydroxyl groups excluding tert-OH is 1. The fourth-order valence-corrected chi connectivity index (χ4v) is 2.47. The van der Waals surface area contributed by atoms with Crippen molar-refractivity contribution >= 4 is 23.1 Å². The predicted octanol–water partition coefficient (Wildman–Crippen LogP) is 2.44. The highest BCUT2D eigenvalue weighted by atomic mass is 32.1. The van der Waals surface area contributed by atoms with Crippen molar-refractivity contribution in [3.63, 3.8) is 0 Å². The van der Waals surface area contributed by atoms with Crippen LogP contribution in [0.2, 0.25) is 0 Å². The summed E-state index contributed by atoms with van der Waals surface area (Å²) in [7, 11) is 0. The maximum absolute atomic E-state index is 12.1. The van der Waals surface area contributed by atoms with E-state index in [0.29, 0.717) is 17.1 Å². The minimum Gasteiger partial charge on any atom is -0.395 e. The van der Waals surface area contributed by atoms with Crippen LogP contribution in [-0.2, 0) is 0 Å². The van der Waals surface area contributed by atoms with E-state index in [4.69, 9.17) is 5.11 Å². The molecule has 1 amide bonds. The molecule has 2 heterocycles. The molecule has 0 aliphatic rings. The molecule has 0 bridgehead atoms. The van der Waals surface area contributed by atoms with Gasteiger partial charge >= 0.3 is 0 Å². The van der Waals surface area contributed by atoms with Crippen LogP contribution in [0.15, 0.2) is 30.5 Å². The smallest absolute Gasteiger partial charge is 0.266 e. The van der Waals surface area contributed by atoms with Crippen LogP contribution in [-0.4, -0.2) is 22.6 Å². The number of carbonyl (C=O) groups is 1. The molecule has 2 aromatic heterocycles. The molecule has 20 heavy (non-hydrogen) atoms. The largest absolute Gasteiger partial charge is 0.395 e. The van der Waals surface area contributed by atoms with Crippen molar-refractivity contribution in [3.8, 4) is 11.8 Å². The molecule has 0 spiro atoms. The molecule has 0 aliphatic carbocycles. The maximum atomic E-state index is 12.1.